The van der Waals surface area contributed by atoms with Gasteiger partial charge in [0.2, 0.25) is 0 Å². The zero-order valence-electron chi connectivity index (χ0n) is 12.8. The van der Waals surface area contributed by atoms with Crippen LogP contribution in [0.25, 0.3) is 0 Å². The molecule has 1 aliphatic rings. The molecule has 0 aromatic heterocycles. The van der Waals surface area contributed by atoms with Crippen LogP contribution in [0.15, 0.2) is 23.3 Å². The Morgan fingerprint density at radius 2 is 1.25 bits per heavy atom. The van der Waals surface area contributed by atoms with E-state index in [1.807, 2.05) is 39.8 Å². The second-order valence-corrected chi connectivity index (χ2v) is 5.82. The zero-order valence-corrected chi connectivity index (χ0v) is 12.8. The number of ether oxygens (including phenoxy) is 2. The molecule has 0 spiro atoms. The quantitative estimate of drug-likeness (QED) is 0.554. The molecule has 4 nitrogen and oxygen atoms in total. The maximum absolute atomic E-state index is 12.0. The summed E-state index contributed by atoms with van der Waals surface area (Å²) in [7, 11) is 0. The molecule has 112 valence electrons. The van der Waals surface area contributed by atoms with E-state index in [4.69, 9.17) is 9.47 Å². The van der Waals surface area contributed by atoms with E-state index in [2.05, 4.69) is 0 Å². The van der Waals surface area contributed by atoms with E-state index in [1.54, 1.807) is 0 Å². The van der Waals surface area contributed by atoms with E-state index in [0.717, 1.165) is 0 Å². The van der Waals surface area contributed by atoms with E-state index < -0.39 is 11.9 Å². The maximum atomic E-state index is 12.0. The normalized spacial score (nSPS) is 14.9. The lowest BCUT2D eigenvalue weighted by Gasteiger charge is -2.16. The molecule has 0 atom stereocenters. The number of carbonyl (C=O) groups is 2. The van der Waals surface area contributed by atoms with E-state index in [-0.39, 0.29) is 11.8 Å². The fourth-order valence-electron chi connectivity index (χ4n) is 1.72. The third-order valence-electron chi connectivity index (χ3n) is 2.76. The Morgan fingerprint density at radius 3 is 1.55 bits per heavy atom. The number of hydrogen-bond donors (Lipinski definition) is 0. The maximum Gasteiger partial charge on any atom is 0.334 e. The van der Waals surface area contributed by atoms with Crippen LogP contribution < -0.4 is 0 Å². The van der Waals surface area contributed by atoms with Gasteiger partial charge in [0.25, 0.3) is 0 Å². The Bertz CT molecular complexity index is 378. The van der Waals surface area contributed by atoms with Crippen molar-refractivity contribution in [1.29, 1.82) is 0 Å². The third-order valence-corrected chi connectivity index (χ3v) is 2.76. The first-order chi connectivity index (χ1) is 9.41. The van der Waals surface area contributed by atoms with E-state index in [1.165, 1.54) is 0 Å². The Morgan fingerprint density at radius 1 is 0.900 bits per heavy atom. The molecule has 0 fully saturated rings. The van der Waals surface area contributed by atoms with Crippen LogP contribution in [0.5, 0.6) is 0 Å². The standard InChI is InChI=1S/C16H24O4/c1-11(2)9-19-15(17)13-7-5-6-8-14(13)16(18)20-10-12(3)4/h5-6,11-12H,7-10H2,1-4H3. The topological polar surface area (TPSA) is 52.6 Å². The van der Waals surface area contributed by atoms with Crippen LogP contribution in [-0.4, -0.2) is 25.2 Å². The second kappa shape index (κ2) is 7.88. The minimum atomic E-state index is -0.403. The van der Waals surface area contributed by atoms with Crippen LogP contribution in [-0.2, 0) is 19.1 Å². The Hall–Kier alpha value is -1.58. The van der Waals surface area contributed by atoms with Gasteiger partial charge in [-0.25, -0.2) is 9.59 Å². The molecule has 0 aromatic rings. The van der Waals surface area contributed by atoms with Crippen LogP contribution in [0.4, 0.5) is 0 Å². The minimum absolute atomic E-state index is 0.273. The van der Waals surface area contributed by atoms with Gasteiger partial charge in [-0.2, -0.15) is 0 Å². The van der Waals surface area contributed by atoms with Gasteiger partial charge < -0.3 is 9.47 Å². The van der Waals surface area contributed by atoms with Crippen molar-refractivity contribution in [2.75, 3.05) is 13.2 Å². The van der Waals surface area contributed by atoms with Crippen molar-refractivity contribution in [3.8, 4) is 0 Å². The Kier molecular flexibility index (Phi) is 6.49. The summed E-state index contributed by atoms with van der Waals surface area (Å²) in [6, 6.07) is 0. The molecule has 0 heterocycles. The predicted octanol–water partition coefficient (Wildman–Crippen LogP) is 3.03. The molecule has 4 heteroatoms. The first kappa shape index (κ1) is 16.5. The number of esters is 2. The van der Waals surface area contributed by atoms with E-state index in [0.29, 0.717) is 37.2 Å². The number of allylic oxidation sites excluding steroid dienone is 2. The van der Waals surface area contributed by atoms with Crippen molar-refractivity contribution < 1.29 is 19.1 Å². The van der Waals surface area contributed by atoms with Crippen molar-refractivity contribution in [2.24, 2.45) is 11.8 Å². The minimum Gasteiger partial charge on any atom is -0.462 e. The van der Waals surface area contributed by atoms with Crippen molar-refractivity contribution in [2.45, 2.75) is 40.5 Å². The smallest absolute Gasteiger partial charge is 0.334 e. The van der Waals surface area contributed by atoms with Gasteiger partial charge in [0.15, 0.2) is 0 Å². The number of rotatable bonds is 6. The summed E-state index contributed by atoms with van der Waals surface area (Å²) >= 11 is 0. The average molecular weight is 280 g/mol. The van der Waals surface area contributed by atoms with E-state index >= 15 is 0 Å². The first-order valence-electron chi connectivity index (χ1n) is 7.13. The molecule has 0 amide bonds. The molecule has 0 saturated carbocycles. The molecule has 0 aromatic carbocycles. The molecule has 0 unspecified atom stereocenters. The molecule has 0 bridgehead atoms. The van der Waals surface area contributed by atoms with E-state index in [9.17, 15) is 9.59 Å². The molecular formula is C16H24O4. The van der Waals surface area contributed by atoms with Crippen LogP contribution in [0, 0.1) is 11.8 Å². The highest BCUT2D eigenvalue weighted by Gasteiger charge is 2.24. The highest BCUT2D eigenvalue weighted by atomic mass is 16.5. The lowest BCUT2D eigenvalue weighted by atomic mass is 9.97. The SMILES string of the molecule is CC(C)COC(=O)C1=C(C(=O)OCC(C)C)CC=CC1. The summed E-state index contributed by atoms with van der Waals surface area (Å²) in [4.78, 5) is 24.1. The van der Waals surface area contributed by atoms with Gasteiger partial charge in [-0.1, -0.05) is 39.8 Å². The number of carbonyl (C=O) groups excluding carboxylic acids is 2. The monoisotopic (exact) mass is 280 g/mol. The average Bonchev–Trinajstić information content (AvgIpc) is 2.42. The molecule has 0 saturated heterocycles. The van der Waals surface area contributed by atoms with Gasteiger partial charge in [-0.05, 0) is 24.7 Å². The van der Waals surface area contributed by atoms with Gasteiger partial charge in [-0.15, -0.1) is 0 Å². The summed E-state index contributed by atoms with van der Waals surface area (Å²) in [6.45, 7) is 8.61. The molecule has 1 aliphatic carbocycles. The first-order valence-corrected chi connectivity index (χ1v) is 7.13. The number of hydrogen-bond acceptors (Lipinski definition) is 4. The van der Waals surface area contributed by atoms with Crippen molar-refractivity contribution >= 4 is 11.9 Å². The van der Waals surface area contributed by atoms with Crippen LogP contribution >= 0.6 is 0 Å². The van der Waals surface area contributed by atoms with Crippen LogP contribution in [0.3, 0.4) is 0 Å². The highest BCUT2D eigenvalue weighted by Crippen LogP contribution is 2.22. The largest absolute Gasteiger partial charge is 0.462 e. The van der Waals surface area contributed by atoms with Crippen LogP contribution in [0.1, 0.15) is 40.5 Å². The fraction of sp³-hybridized carbons (Fsp3) is 0.625. The van der Waals surface area contributed by atoms with Gasteiger partial charge in [-0.3, -0.25) is 0 Å². The molecule has 0 N–H and O–H groups in total. The van der Waals surface area contributed by atoms with Crippen LogP contribution in [0.2, 0.25) is 0 Å². The third kappa shape index (κ3) is 5.19. The van der Waals surface area contributed by atoms with Gasteiger partial charge >= 0.3 is 11.9 Å². The predicted molar refractivity (Wildman–Crippen MR) is 77.0 cm³/mol. The zero-order chi connectivity index (χ0) is 15.1. The summed E-state index contributed by atoms with van der Waals surface area (Å²) in [5.74, 6) is -0.260. The van der Waals surface area contributed by atoms with Gasteiger partial charge in [0, 0.05) is 0 Å². The Balaban J connectivity index is 2.75. The molecule has 1 rings (SSSR count). The highest BCUT2D eigenvalue weighted by molar-refractivity contribution is 6.01. The summed E-state index contributed by atoms with van der Waals surface area (Å²) in [5, 5.41) is 0. The van der Waals surface area contributed by atoms with Gasteiger partial charge in [0.1, 0.15) is 0 Å². The van der Waals surface area contributed by atoms with Gasteiger partial charge in [0.05, 0.1) is 24.4 Å². The molecular weight excluding hydrogens is 256 g/mol. The fourth-order valence-corrected chi connectivity index (χ4v) is 1.72. The summed E-state index contributed by atoms with van der Waals surface area (Å²) in [6.07, 6.45) is 4.63. The second-order valence-electron chi connectivity index (χ2n) is 5.82. The lowest BCUT2D eigenvalue weighted by Crippen LogP contribution is -2.20. The molecule has 20 heavy (non-hydrogen) atoms. The lowest BCUT2D eigenvalue weighted by molar-refractivity contribution is -0.143. The van der Waals surface area contributed by atoms with Crippen molar-refractivity contribution in [3.05, 3.63) is 23.3 Å². The van der Waals surface area contributed by atoms with Crippen molar-refractivity contribution in [1.82, 2.24) is 0 Å². The summed E-state index contributed by atoms with van der Waals surface area (Å²) < 4.78 is 10.4. The molecule has 0 radical (unpaired) electrons. The van der Waals surface area contributed by atoms with Crippen molar-refractivity contribution in [3.63, 3.8) is 0 Å². The Labute approximate surface area is 120 Å². The summed E-state index contributed by atoms with van der Waals surface area (Å²) in [5.41, 5.74) is 0.865. The molecule has 0 aliphatic heterocycles.